The number of hydrogen-bond donors (Lipinski definition) is 0. The largest absolute Gasteiger partial charge is 0.497 e. The number of halogens is 3. The van der Waals surface area contributed by atoms with Gasteiger partial charge in [-0.25, -0.2) is 0 Å². The van der Waals surface area contributed by atoms with E-state index in [0.717, 1.165) is 36.9 Å². The summed E-state index contributed by atoms with van der Waals surface area (Å²) in [6.07, 6.45) is 0. The second-order valence-electron chi connectivity index (χ2n) is 4.11. The van der Waals surface area contributed by atoms with Gasteiger partial charge >= 0.3 is 0 Å². The third-order valence-corrected chi connectivity index (χ3v) is 4.82. The lowest BCUT2D eigenvalue weighted by atomic mass is 10.2. The van der Waals surface area contributed by atoms with E-state index in [2.05, 4.69) is 47.8 Å². The Morgan fingerprint density at radius 3 is 2.50 bits per heavy atom. The molecule has 0 unspecified atom stereocenters. The fourth-order valence-corrected chi connectivity index (χ4v) is 3.08. The summed E-state index contributed by atoms with van der Waals surface area (Å²) in [6, 6.07) is 11.8. The van der Waals surface area contributed by atoms with Crippen LogP contribution in [0.15, 0.2) is 45.3 Å². The summed E-state index contributed by atoms with van der Waals surface area (Å²) < 4.78 is 13.2. The van der Waals surface area contributed by atoms with Crippen LogP contribution in [0.4, 0.5) is 0 Å². The molecule has 0 N–H and O–H groups in total. The molecule has 0 radical (unpaired) electrons. The van der Waals surface area contributed by atoms with Gasteiger partial charge in [-0.3, -0.25) is 0 Å². The molecule has 20 heavy (non-hydrogen) atoms. The van der Waals surface area contributed by atoms with Crippen molar-refractivity contribution in [3.8, 4) is 11.5 Å². The Morgan fingerprint density at radius 2 is 1.80 bits per heavy atom. The van der Waals surface area contributed by atoms with Gasteiger partial charge in [0.15, 0.2) is 0 Å². The Hall–Kier alpha value is -0.520. The topological polar surface area (TPSA) is 18.5 Å². The molecule has 0 aliphatic carbocycles. The number of rotatable bonds is 5. The Labute approximate surface area is 143 Å². The van der Waals surface area contributed by atoms with Crippen molar-refractivity contribution in [2.45, 2.75) is 11.9 Å². The minimum Gasteiger partial charge on any atom is -0.497 e. The number of benzene rings is 2. The third kappa shape index (κ3) is 3.77. The molecule has 0 aromatic heterocycles. The third-order valence-electron chi connectivity index (χ3n) is 2.82. The predicted molar refractivity (Wildman–Crippen MR) is 91.8 cm³/mol. The maximum Gasteiger partial charge on any atom is 0.138 e. The van der Waals surface area contributed by atoms with Crippen molar-refractivity contribution in [2.24, 2.45) is 0 Å². The van der Waals surface area contributed by atoms with E-state index in [0.29, 0.717) is 6.61 Å². The maximum absolute atomic E-state index is 5.96. The van der Waals surface area contributed by atoms with Gasteiger partial charge in [-0.15, -0.1) is 0 Å². The monoisotopic (exact) mass is 462 g/mol. The molecular formula is C15H13Br3O2. The molecular weight excluding hydrogens is 452 g/mol. The molecule has 0 saturated heterocycles. The van der Waals surface area contributed by atoms with Crippen molar-refractivity contribution in [1.82, 2.24) is 0 Å². The summed E-state index contributed by atoms with van der Waals surface area (Å²) in [7, 11) is 1.66. The first kappa shape index (κ1) is 15.9. The summed E-state index contributed by atoms with van der Waals surface area (Å²) in [6.45, 7) is 0.473. The molecule has 0 spiro atoms. The number of ether oxygens (including phenoxy) is 2. The number of hydrogen-bond acceptors (Lipinski definition) is 2. The quantitative estimate of drug-likeness (QED) is 0.529. The van der Waals surface area contributed by atoms with E-state index >= 15 is 0 Å². The molecule has 0 atom stereocenters. The van der Waals surface area contributed by atoms with Crippen molar-refractivity contribution < 1.29 is 9.47 Å². The van der Waals surface area contributed by atoms with Crippen molar-refractivity contribution in [2.75, 3.05) is 7.11 Å². The molecule has 2 rings (SSSR count). The van der Waals surface area contributed by atoms with Gasteiger partial charge in [-0.05, 0) is 40.2 Å². The molecule has 2 aromatic carbocycles. The highest BCUT2D eigenvalue weighted by Gasteiger charge is 2.09. The van der Waals surface area contributed by atoms with Crippen LogP contribution >= 0.6 is 47.8 Å². The Morgan fingerprint density at radius 1 is 1.00 bits per heavy atom. The van der Waals surface area contributed by atoms with Crippen molar-refractivity contribution >= 4 is 47.8 Å². The standard InChI is InChI=1S/C15H13Br3O2/c1-19-12-5-6-13(17)11(7-12)9-20-15-10(8-16)3-2-4-14(15)18/h2-7H,8-9H2,1H3. The highest BCUT2D eigenvalue weighted by Crippen LogP contribution is 2.32. The molecule has 0 fully saturated rings. The highest BCUT2D eigenvalue weighted by atomic mass is 79.9. The van der Waals surface area contributed by atoms with Crippen LogP contribution in [-0.2, 0) is 11.9 Å². The second kappa shape index (κ2) is 7.48. The first-order chi connectivity index (χ1) is 9.65. The van der Waals surface area contributed by atoms with Gasteiger partial charge in [-0.2, -0.15) is 0 Å². The molecule has 5 heteroatoms. The van der Waals surface area contributed by atoms with Gasteiger partial charge in [0.2, 0.25) is 0 Å². The van der Waals surface area contributed by atoms with E-state index < -0.39 is 0 Å². The average molecular weight is 465 g/mol. The van der Waals surface area contributed by atoms with E-state index in [9.17, 15) is 0 Å². The van der Waals surface area contributed by atoms with E-state index in [-0.39, 0.29) is 0 Å². The van der Waals surface area contributed by atoms with Crippen LogP contribution in [0.2, 0.25) is 0 Å². The molecule has 106 valence electrons. The number of para-hydroxylation sites is 1. The Balaban J connectivity index is 2.21. The smallest absolute Gasteiger partial charge is 0.138 e. The van der Waals surface area contributed by atoms with Crippen LogP contribution in [-0.4, -0.2) is 7.11 Å². The molecule has 0 amide bonds. The van der Waals surface area contributed by atoms with E-state index in [1.165, 1.54) is 0 Å². The van der Waals surface area contributed by atoms with Crippen LogP contribution in [0, 0.1) is 0 Å². The normalized spacial score (nSPS) is 10.4. The summed E-state index contributed by atoms with van der Waals surface area (Å²) in [5, 5.41) is 0.751. The van der Waals surface area contributed by atoms with Gasteiger partial charge < -0.3 is 9.47 Å². The zero-order valence-corrected chi connectivity index (χ0v) is 15.6. The first-order valence-corrected chi connectivity index (χ1v) is 8.65. The summed E-state index contributed by atoms with van der Waals surface area (Å²) >= 11 is 10.5. The minimum atomic E-state index is 0.473. The molecule has 2 nitrogen and oxygen atoms in total. The van der Waals surface area contributed by atoms with Crippen LogP contribution in [0.3, 0.4) is 0 Å². The molecule has 0 aliphatic rings. The molecule has 0 bridgehead atoms. The van der Waals surface area contributed by atoms with Crippen LogP contribution in [0.1, 0.15) is 11.1 Å². The molecule has 2 aromatic rings. The minimum absolute atomic E-state index is 0.473. The van der Waals surface area contributed by atoms with Gasteiger partial charge in [0, 0.05) is 20.9 Å². The second-order valence-corrected chi connectivity index (χ2v) is 6.38. The van der Waals surface area contributed by atoms with Gasteiger partial charge in [-0.1, -0.05) is 44.0 Å². The summed E-state index contributed by atoms with van der Waals surface area (Å²) in [5.41, 5.74) is 2.15. The summed E-state index contributed by atoms with van der Waals surface area (Å²) in [5.74, 6) is 1.68. The summed E-state index contributed by atoms with van der Waals surface area (Å²) in [4.78, 5) is 0. The molecule has 0 aliphatic heterocycles. The number of alkyl halides is 1. The van der Waals surface area contributed by atoms with Crippen LogP contribution < -0.4 is 9.47 Å². The first-order valence-electron chi connectivity index (χ1n) is 5.94. The van der Waals surface area contributed by atoms with Crippen molar-refractivity contribution in [3.63, 3.8) is 0 Å². The fraction of sp³-hybridized carbons (Fsp3) is 0.200. The van der Waals surface area contributed by atoms with Gasteiger partial charge in [0.25, 0.3) is 0 Å². The average Bonchev–Trinajstić information content (AvgIpc) is 2.47. The van der Waals surface area contributed by atoms with Gasteiger partial charge in [0.05, 0.1) is 11.6 Å². The Kier molecular flexibility index (Phi) is 5.93. The SMILES string of the molecule is COc1ccc(Br)c(COc2c(Br)cccc2CBr)c1. The maximum atomic E-state index is 5.96. The Bertz CT molecular complexity index is 600. The van der Waals surface area contributed by atoms with E-state index in [4.69, 9.17) is 9.47 Å². The number of methoxy groups -OCH3 is 1. The lowest BCUT2D eigenvalue weighted by Crippen LogP contribution is -2.00. The van der Waals surface area contributed by atoms with E-state index in [1.54, 1.807) is 7.11 Å². The zero-order valence-electron chi connectivity index (χ0n) is 10.8. The molecule has 0 heterocycles. The van der Waals surface area contributed by atoms with Crippen LogP contribution in [0.5, 0.6) is 11.5 Å². The predicted octanol–water partition coefficient (Wildman–Crippen LogP) is 5.69. The van der Waals surface area contributed by atoms with Crippen molar-refractivity contribution in [1.29, 1.82) is 0 Å². The fourth-order valence-electron chi connectivity index (χ4n) is 1.76. The lowest BCUT2D eigenvalue weighted by molar-refractivity contribution is 0.300. The zero-order chi connectivity index (χ0) is 14.5. The lowest BCUT2D eigenvalue weighted by Gasteiger charge is -2.13. The van der Waals surface area contributed by atoms with Gasteiger partial charge in [0.1, 0.15) is 18.1 Å². The van der Waals surface area contributed by atoms with Crippen LogP contribution in [0.25, 0.3) is 0 Å². The van der Waals surface area contributed by atoms with Crippen molar-refractivity contribution in [3.05, 3.63) is 56.5 Å². The van der Waals surface area contributed by atoms with E-state index in [1.807, 2.05) is 36.4 Å². The highest BCUT2D eigenvalue weighted by molar-refractivity contribution is 9.11. The molecule has 0 saturated carbocycles.